The molecule has 1 atom stereocenters. The molecule has 1 unspecified atom stereocenters. The van der Waals surface area contributed by atoms with Gasteiger partial charge in [-0.25, -0.2) is 0 Å². The third kappa shape index (κ3) is 3.47. The van der Waals surface area contributed by atoms with Crippen LogP contribution in [0.2, 0.25) is 0 Å². The Balaban J connectivity index is 1.32. The molecule has 4 nitrogen and oxygen atoms in total. The van der Waals surface area contributed by atoms with E-state index >= 15 is 0 Å². The summed E-state index contributed by atoms with van der Waals surface area (Å²) in [5.74, 6) is 0.694. The van der Waals surface area contributed by atoms with E-state index in [-0.39, 0.29) is 11.9 Å². The minimum absolute atomic E-state index is 0.137. The van der Waals surface area contributed by atoms with Crippen LogP contribution in [0.25, 0.3) is 0 Å². The van der Waals surface area contributed by atoms with Crippen molar-refractivity contribution in [2.45, 2.75) is 63.8 Å². The molecule has 2 heterocycles. The molecule has 3 fully saturated rings. The lowest BCUT2D eigenvalue weighted by Crippen LogP contribution is -2.53. The molecule has 1 spiro atoms. The zero-order valence-electron chi connectivity index (χ0n) is 15.3. The van der Waals surface area contributed by atoms with E-state index in [0.717, 1.165) is 45.2 Å². The highest BCUT2D eigenvalue weighted by Gasteiger charge is 2.49. The van der Waals surface area contributed by atoms with Crippen molar-refractivity contribution in [2.24, 2.45) is 5.41 Å². The third-order valence-electron chi connectivity index (χ3n) is 6.71. The first-order chi connectivity index (χ1) is 12.1. The predicted molar refractivity (Wildman–Crippen MR) is 97.6 cm³/mol. The number of benzene rings is 1. The van der Waals surface area contributed by atoms with Gasteiger partial charge in [0.2, 0.25) is 5.91 Å². The monoisotopic (exact) mass is 342 g/mol. The molecule has 0 radical (unpaired) electrons. The minimum atomic E-state index is -0.313. The van der Waals surface area contributed by atoms with E-state index in [0.29, 0.717) is 17.9 Å². The van der Waals surface area contributed by atoms with Crippen LogP contribution in [-0.2, 0) is 11.2 Å². The van der Waals surface area contributed by atoms with E-state index in [1.807, 2.05) is 4.90 Å². The first-order valence-electron chi connectivity index (χ1n) is 9.93. The maximum absolute atomic E-state index is 12.8. The van der Waals surface area contributed by atoms with Gasteiger partial charge in [-0.2, -0.15) is 5.06 Å². The number of piperidine rings is 2. The summed E-state index contributed by atoms with van der Waals surface area (Å²) in [6, 6.07) is 8.66. The zero-order valence-corrected chi connectivity index (χ0v) is 15.3. The molecule has 1 saturated carbocycles. The molecule has 0 bridgehead atoms. The van der Waals surface area contributed by atoms with Crippen LogP contribution in [-0.4, -0.2) is 46.8 Å². The van der Waals surface area contributed by atoms with Gasteiger partial charge < -0.3 is 10.1 Å². The van der Waals surface area contributed by atoms with Gasteiger partial charge in [0.15, 0.2) is 0 Å². The second kappa shape index (κ2) is 6.73. The number of likely N-dealkylation sites (tertiary alicyclic amines) is 1. The predicted octanol–water partition coefficient (Wildman–Crippen LogP) is 3.59. The summed E-state index contributed by atoms with van der Waals surface area (Å²) in [7, 11) is 0. The van der Waals surface area contributed by atoms with E-state index in [1.165, 1.54) is 29.0 Å². The SMILES string of the molecule is CCc1ccc(C2CCN(C(=O)C3CCC4(CC4)CN3O)CC2)cc1. The fourth-order valence-electron chi connectivity index (χ4n) is 4.63. The van der Waals surface area contributed by atoms with Crippen LogP contribution in [0.4, 0.5) is 0 Å². The van der Waals surface area contributed by atoms with E-state index in [2.05, 4.69) is 31.2 Å². The van der Waals surface area contributed by atoms with Crippen LogP contribution in [0.15, 0.2) is 24.3 Å². The fraction of sp³-hybridized carbons (Fsp3) is 0.667. The topological polar surface area (TPSA) is 43.8 Å². The van der Waals surface area contributed by atoms with Crippen molar-refractivity contribution in [2.75, 3.05) is 19.6 Å². The van der Waals surface area contributed by atoms with Crippen LogP contribution in [0.1, 0.15) is 62.5 Å². The molecule has 4 heteroatoms. The van der Waals surface area contributed by atoms with Gasteiger partial charge in [-0.05, 0) is 67.4 Å². The van der Waals surface area contributed by atoms with Crippen LogP contribution in [0.5, 0.6) is 0 Å². The molecule has 136 valence electrons. The minimum Gasteiger partial charge on any atom is -0.341 e. The Morgan fingerprint density at radius 1 is 1.12 bits per heavy atom. The molecule has 2 aliphatic heterocycles. The highest BCUT2D eigenvalue weighted by molar-refractivity contribution is 5.82. The maximum Gasteiger partial charge on any atom is 0.242 e. The zero-order chi connectivity index (χ0) is 17.4. The summed E-state index contributed by atoms with van der Waals surface area (Å²) in [5, 5.41) is 11.7. The molecule has 3 aliphatic rings. The van der Waals surface area contributed by atoms with Gasteiger partial charge in [-0.1, -0.05) is 31.2 Å². The lowest BCUT2D eigenvalue weighted by molar-refractivity contribution is -0.180. The summed E-state index contributed by atoms with van der Waals surface area (Å²) in [4.78, 5) is 14.8. The number of carbonyl (C=O) groups is 1. The maximum atomic E-state index is 12.8. The van der Waals surface area contributed by atoms with Crippen molar-refractivity contribution in [3.63, 3.8) is 0 Å². The van der Waals surface area contributed by atoms with Gasteiger partial charge in [0.1, 0.15) is 6.04 Å². The number of carbonyl (C=O) groups excluding carboxylic acids is 1. The van der Waals surface area contributed by atoms with Gasteiger partial charge in [0, 0.05) is 19.6 Å². The van der Waals surface area contributed by atoms with Gasteiger partial charge in [0.25, 0.3) is 0 Å². The third-order valence-corrected chi connectivity index (χ3v) is 6.71. The number of aryl methyl sites for hydroxylation is 1. The van der Waals surface area contributed by atoms with E-state index in [1.54, 1.807) is 0 Å². The van der Waals surface area contributed by atoms with Crippen LogP contribution in [0, 0.1) is 5.41 Å². The quantitative estimate of drug-likeness (QED) is 0.913. The fourth-order valence-corrected chi connectivity index (χ4v) is 4.63. The second-order valence-corrected chi connectivity index (χ2v) is 8.35. The Bertz CT molecular complexity index is 615. The first kappa shape index (κ1) is 17.0. The molecule has 4 rings (SSSR count). The standard InChI is InChI=1S/C21H30N2O2/c1-2-16-3-5-17(6-4-16)18-8-13-22(14-9-18)20(24)19-7-10-21(11-12-21)15-23(19)25/h3-6,18-19,25H,2,7-15H2,1H3. The molecular formula is C21H30N2O2. The van der Waals surface area contributed by atoms with Crippen LogP contribution < -0.4 is 0 Å². The summed E-state index contributed by atoms with van der Waals surface area (Å²) in [6.45, 7) is 4.49. The molecule has 2 saturated heterocycles. The van der Waals surface area contributed by atoms with Gasteiger partial charge in [0.05, 0.1) is 0 Å². The van der Waals surface area contributed by atoms with Gasteiger partial charge in [-0.3, -0.25) is 4.79 Å². The number of hydrogen-bond donors (Lipinski definition) is 1. The molecular weight excluding hydrogens is 312 g/mol. The van der Waals surface area contributed by atoms with Crippen molar-refractivity contribution in [3.05, 3.63) is 35.4 Å². The smallest absolute Gasteiger partial charge is 0.242 e. The molecule has 1 aromatic carbocycles. The largest absolute Gasteiger partial charge is 0.341 e. The lowest BCUT2D eigenvalue weighted by Gasteiger charge is -2.39. The highest BCUT2D eigenvalue weighted by atomic mass is 16.5. The van der Waals surface area contributed by atoms with Crippen molar-refractivity contribution in [1.82, 2.24) is 9.96 Å². The van der Waals surface area contributed by atoms with Crippen molar-refractivity contribution < 1.29 is 10.0 Å². The number of nitrogens with zero attached hydrogens (tertiary/aromatic N) is 2. The lowest BCUT2D eigenvalue weighted by atomic mass is 9.87. The highest BCUT2D eigenvalue weighted by Crippen LogP contribution is 2.52. The van der Waals surface area contributed by atoms with Crippen LogP contribution in [0.3, 0.4) is 0 Å². The molecule has 1 aromatic rings. The van der Waals surface area contributed by atoms with Crippen LogP contribution >= 0.6 is 0 Å². The number of hydrogen-bond acceptors (Lipinski definition) is 3. The Morgan fingerprint density at radius 2 is 1.80 bits per heavy atom. The van der Waals surface area contributed by atoms with Crippen molar-refractivity contribution in [3.8, 4) is 0 Å². The molecule has 1 aliphatic carbocycles. The molecule has 25 heavy (non-hydrogen) atoms. The summed E-state index contributed by atoms with van der Waals surface area (Å²) in [6.07, 6.45) is 7.47. The van der Waals surface area contributed by atoms with Gasteiger partial charge in [-0.15, -0.1) is 0 Å². The number of amides is 1. The van der Waals surface area contributed by atoms with E-state index in [4.69, 9.17) is 0 Å². The summed E-state index contributed by atoms with van der Waals surface area (Å²) < 4.78 is 0. The average Bonchev–Trinajstić information content (AvgIpc) is 3.40. The Hall–Kier alpha value is -1.39. The first-order valence-corrected chi connectivity index (χ1v) is 9.93. The second-order valence-electron chi connectivity index (χ2n) is 8.35. The molecule has 1 N–H and O–H groups in total. The Labute approximate surface area is 150 Å². The van der Waals surface area contributed by atoms with Crippen molar-refractivity contribution >= 4 is 5.91 Å². The van der Waals surface area contributed by atoms with Crippen molar-refractivity contribution in [1.29, 1.82) is 0 Å². The van der Waals surface area contributed by atoms with Gasteiger partial charge >= 0.3 is 0 Å². The summed E-state index contributed by atoms with van der Waals surface area (Å²) in [5.41, 5.74) is 3.12. The molecule has 0 aromatic heterocycles. The average molecular weight is 342 g/mol. The number of rotatable bonds is 3. The summed E-state index contributed by atoms with van der Waals surface area (Å²) >= 11 is 0. The Morgan fingerprint density at radius 3 is 2.36 bits per heavy atom. The van der Waals surface area contributed by atoms with E-state index in [9.17, 15) is 10.0 Å². The van der Waals surface area contributed by atoms with E-state index < -0.39 is 0 Å². The molecule has 1 amide bonds. The number of hydroxylamine groups is 2. The Kier molecular flexibility index (Phi) is 4.59. The normalized spacial score (nSPS) is 26.8.